The highest BCUT2D eigenvalue weighted by Crippen LogP contribution is 2.59. The number of anilines is 3. The summed E-state index contributed by atoms with van der Waals surface area (Å²) in [4.78, 5) is 2.44. The molecule has 1 heterocycles. The fourth-order valence-electron chi connectivity index (χ4n) is 10.0. The maximum atomic E-state index is 2.62. The smallest absolute Gasteiger partial charge is 0.0541 e. The molecule has 2 nitrogen and oxygen atoms in total. The zero-order chi connectivity index (χ0) is 37.5. The second kappa shape index (κ2) is 12.4. The molecule has 0 saturated heterocycles. The second-order valence-corrected chi connectivity index (χ2v) is 16.3. The molecule has 0 spiro atoms. The van der Waals surface area contributed by atoms with Crippen LogP contribution < -0.4 is 4.90 Å². The first-order valence-corrected chi connectivity index (χ1v) is 19.8. The van der Waals surface area contributed by atoms with E-state index >= 15 is 0 Å². The van der Waals surface area contributed by atoms with Crippen molar-refractivity contribution < 1.29 is 0 Å². The van der Waals surface area contributed by atoms with Gasteiger partial charge in [-0.15, -0.1) is 0 Å². The molecule has 2 unspecified atom stereocenters. The lowest BCUT2D eigenvalue weighted by atomic mass is 9.70. The van der Waals surface area contributed by atoms with Gasteiger partial charge in [0.2, 0.25) is 0 Å². The predicted molar refractivity (Wildman–Crippen MR) is 236 cm³/mol. The number of aromatic nitrogens is 1. The van der Waals surface area contributed by atoms with E-state index in [1.54, 1.807) is 0 Å². The van der Waals surface area contributed by atoms with Crippen molar-refractivity contribution in [3.05, 3.63) is 216 Å². The Morgan fingerprint density at radius 2 is 1.21 bits per heavy atom. The molecular formula is C54H42N2. The fraction of sp³-hybridized carbons (Fsp3) is 0.111. The van der Waals surface area contributed by atoms with E-state index in [-0.39, 0.29) is 17.3 Å². The lowest BCUT2D eigenvalue weighted by Crippen LogP contribution is -2.28. The van der Waals surface area contributed by atoms with Gasteiger partial charge in [-0.25, -0.2) is 0 Å². The normalized spacial score (nSPS) is 16.7. The third-order valence-electron chi connectivity index (χ3n) is 12.7. The van der Waals surface area contributed by atoms with E-state index in [4.69, 9.17) is 0 Å². The number of hydrogen-bond donors (Lipinski definition) is 0. The fourth-order valence-corrected chi connectivity index (χ4v) is 10.0. The van der Waals surface area contributed by atoms with Crippen LogP contribution in [0.1, 0.15) is 47.6 Å². The summed E-state index contributed by atoms with van der Waals surface area (Å²) in [7, 11) is 0. The van der Waals surface area contributed by atoms with Gasteiger partial charge in [-0.05, 0) is 106 Å². The Hall–Kier alpha value is -6.64. The minimum absolute atomic E-state index is 0.133. The number of fused-ring (bicyclic) bond motifs is 9. The summed E-state index contributed by atoms with van der Waals surface area (Å²) >= 11 is 0. The maximum Gasteiger partial charge on any atom is 0.0541 e. The van der Waals surface area contributed by atoms with E-state index < -0.39 is 0 Å². The van der Waals surface area contributed by atoms with E-state index in [0.29, 0.717) is 0 Å². The van der Waals surface area contributed by atoms with E-state index in [2.05, 4.69) is 218 Å². The molecule has 2 aliphatic carbocycles. The average molecular weight is 719 g/mol. The Bertz CT molecular complexity index is 3010. The number of nitrogens with zero attached hydrogens (tertiary/aromatic N) is 2. The van der Waals surface area contributed by atoms with E-state index in [1.165, 1.54) is 88.6 Å². The van der Waals surface area contributed by atoms with Crippen LogP contribution in [0.15, 0.2) is 188 Å². The lowest BCUT2D eigenvalue weighted by Gasteiger charge is -2.35. The summed E-state index contributed by atoms with van der Waals surface area (Å²) < 4.78 is 2.55. The number of aryl methyl sites for hydroxylation is 1. The molecule has 2 heteroatoms. The van der Waals surface area contributed by atoms with E-state index in [9.17, 15) is 0 Å². The summed E-state index contributed by atoms with van der Waals surface area (Å²) in [5, 5.41) is 5.07. The number of hydrogen-bond acceptors (Lipinski definition) is 1. The highest BCUT2D eigenvalue weighted by atomic mass is 15.1. The summed E-state index contributed by atoms with van der Waals surface area (Å²) in [6, 6.07) is 67.4. The SMILES string of the molecule is Cc1ccc2c(c1)c1cc(-c3ccccc3)ccc1n2C1=CC2C(c3ccccc31)c1ccc(N(c3ccccc3)c3cccc4ccccc34)cc1C2(C)C. The monoisotopic (exact) mass is 718 g/mol. The standard InChI is InChI=1S/C54H42N2/c1-35-25-29-50-45(31-35)46-32-38(36-15-6-4-7-16-36)26-30-51(46)56(50)52-34-48-53(43-23-13-12-22-42(43)52)44-28-27-40(33-47(44)54(48,2)3)55(39-19-8-5-9-20-39)49-24-14-18-37-17-10-11-21-41(37)49/h4-34,48,53H,1-3H3. The Balaban J connectivity index is 1.10. The summed E-state index contributed by atoms with van der Waals surface area (Å²) in [6.45, 7) is 7.14. The van der Waals surface area contributed by atoms with Crippen molar-refractivity contribution in [1.82, 2.24) is 4.57 Å². The van der Waals surface area contributed by atoms with Crippen molar-refractivity contribution >= 4 is 55.3 Å². The third-order valence-corrected chi connectivity index (χ3v) is 12.7. The second-order valence-electron chi connectivity index (χ2n) is 16.3. The molecule has 56 heavy (non-hydrogen) atoms. The van der Waals surface area contributed by atoms with Gasteiger partial charge in [0.1, 0.15) is 0 Å². The molecule has 0 N–H and O–H groups in total. The van der Waals surface area contributed by atoms with Crippen LogP contribution in [0.3, 0.4) is 0 Å². The van der Waals surface area contributed by atoms with Crippen molar-refractivity contribution in [2.45, 2.75) is 32.1 Å². The highest BCUT2D eigenvalue weighted by Gasteiger charge is 2.49. The zero-order valence-electron chi connectivity index (χ0n) is 31.9. The number of allylic oxidation sites excluding steroid dienone is 1. The minimum atomic E-state index is -0.133. The lowest BCUT2D eigenvalue weighted by molar-refractivity contribution is 0.389. The molecule has 2 aliphatic rings. The molecule has 268 valence electrons. The Kier molecular flexibility index (Phi) is 7.28. The summed E-state index contributed by atoms with van der Waals surface area (Å²) in [5.74, 6) is 0.527. The minimum Gasteiger partial charge on any atom is -0.310 e. The molecule has 8 aromatic carbocycles. The molecule has 1 aromatic heterocycles. The van der Waals surface area contributed by atoms with Crippen LogP contribution in [0.5, 0.6) is 0 Å². The largest absolute Gasteiger partial charge is 0.310 e. The summed E-state index contributed by atoms with van der Waals surface area (Å²) in [6.07, 6.45) is 2.62. The van der Waals surface area contributed by atoms with E-state index in [1.807, 2.05) is 0 Å². The molecule has 0 radical (unpaired) electrons. The van der Waals surface area contributed by atoms with Crippen LogP contribution in [-0.4, -0.2) is 4.57 Å². The van der Waals surface area contributed by atoms with E-state index in [0.717, 1.165) is 5.69 Å². The van der Waals surface area contributed by atoms with Gasteiger partial charge in [0, 0.05) is 39.0 Å². The Morgan fingerprint density at radius 1 is 0.518 bits per heavy atom. The van der Waals surface area contributed by atoms with Gasteiger partial charge in [0.05, 0.1) is 22.4 Å². The van der Waals surface area contributed by atoms with Crippen LogP contribution in [0.4, 0.5) is 17.1 Å². The van der Waals surface area contributed by atoms with Crippen molar-refractivity contribution in [2.24, 2.45) is 5.92 Å². The first-order chi connectivity index (χ1) is 27.5. The molecule has 0 saturated carbocycles. The molecule has 0 aliphatic heterocycles. The van der Waals surface area contributed by atoms with Crippen molar-refractivity contribution in [1.29, 1.82) is 0 Å². The first kappa shape index (κ1) is 32.8. The summed E-state index contributed by atoms with van der Waals surface area (Å²) in [5.41, 5.74) is 16.5. The topological polar surface area (TPSA) is 8.17 Å². The zero-order valence-corrected chi connectivity index (χ0v) is 31.9. The molecule has 2 atom stereocenters. The van der Waals surface area contributed by atoms with Crippen molar-refractivity contribution in [3.8, 4) is 11.1 Å². The van der Waals surface area contributed by atoms with Gasteiger partial charge in [-0.3, -0.25) is 0 Å². The third kappa shape index (κ3) is 4.88. The quantitative estimate of drug-likeness (QED) is 0.172. The van der Waals surface area contributed by atoms with Crippen LogP contribution in [0.25, 0.3) is 49.4 Å². The molecule has 11 rings (SSSR count). The predicted octanol–water partition coefficient (Wildman–Crippen LogP) is 14.3. The number of rotatable bonds is 5. The first-order valence-electron chi connectivity index (χ1n) is 19.8. The van der Waals surface area contributed by atoms with Gasteiger partial charge >= 0.3 is 0 Å². The van der Waals surface area contributed by atoms with Crippen LogP contribution in [0.2, 0.25) is 0 Å². The number of para-hydroxylation sites is 1. The van der Waals surface area contributed by atoms with Gasteiger partial charge < -0.3 is 9.47 Å². The molecule has 9 aromatic rings. The Morgan fingerprint density at radius 3 is 2.05 bits per heavy atom. The van der Waals surface area contributed by atoms with Gasteiger partial charge in [0.15, 0.2) is 0 Å². The molecule has 0 amide bonds. The molecular weight excluding hydrogens is 677 g/mol. The Labute approximate surface area is 328 Å². The average Bonchev–Trinajstić information content (AvgIpc) is 3.68. The molecule has 0 bridgehead atoms. The van der Waals surface area contributed by atoms with Crippen LogP contribution in [-0.2, 0) is 5.41 Å². The number of benzene rings is 8. The maximum absolute atomic E-state index is 2.62. The van der Waals surface area contributed by atoms with Crippen molar-refractivity contribution in [2.75, 3.05) is 4.90 Å². The van der Waals surface area contributed by atoms with Crippen LogP contribution >= 0.6 is 0 Å². The van der Waals surface area contributed by atoms with Gasteiger partial charge in [-0.1, -0.05) is 153 Å². The molecule has 0 fully saturated rings. The van der Waals surface area contributed by atoms with Crippen molar-refractivity contribution in [3.63, 3.8) is 0 Å². The van der Waals surface area contributed by atoms with Gasteiger partial charge in [-0.2, -0.15) is 0 Å². The highest BCUT2D eigenvalue weighted by molar-refractivity contribution is 6.12. The van der Waals surface area contributed by atoms with Crippen LogP contribution in [0, 0.1) is 12.8 Å². The van der Waals surface area contributed by atoms with Gasteiger partial charge in [0.25, 0.3) is 0 Å².